The molecular weight excluding hydrogens is 380 g/mol. The van der Waals surface area contributed by atoms with E-state index in [1.807, 2.05) is 38.1 Å². The summed E-state index contributed by atoms with van der Waals surface area (Å²) in [4.78, 5) is 31.1. The summed E-state index contributed by atoms with van der Waals surface area (Å²) in [6, 6.07) is 7.94. The van der Waals surface area contributed by atoms with Gasteiger partial charge in [0.15, 0.2) is 5.96 Å². The number of carbonyl (C=O) groups is 2. The Bertz CT molecular complexity index is 849. The second-order valence-corrected chi connectivity index (χ2v) is 8.49. The minimum atomic E-state index is -0.134. The summed E-state index contributed by atoms with van der Waals surface area (Å²) in [5, 5.41) is 6.47. The summed E-state index contributed by atoms with van der Waals surface area (Å²) in [5.74, 6) is 1.69. The smallest absolute Gasteiger partial charge is 0.233 e. The maximum Gasteiger partial charge on any atom is 0.233 e. The van der Waals surface area contributed by atoms with Crippen molar-refractivity contribution in [1.29, 1.82) is 0 Å². The van der Waals surface area contributed by atoms with E-state index in [1.54, 1.807) is 7.05 Å². The SMILES string of the molecule is CN=C(NCCN1C(=O)C2C3C=CC(C3)C2C1=O)NCc1cccc(OC(C)C)c1. The summed E-state index contributed by atoms with van der Waals surface area (Å²) in [6.45, 7) is 5.43. The number of allylic oxidation sites excluding steroid dienone is 2. The molecule has 4 unspecified atom stereocenters. The highest BCUT2D eigenvalue weighted by atomic mass is 16.5. The summed E-state index contributed by atoms with van der Waals surface area (Å²) in [5.41, 5.74) is 1.08. The van der Waals surface area contributed by atoms with Gasteiger partial charge < -0.3 is 15.4 Å². The molecule has 30 heavy (non-hydrogen) atoms. The van der Waals surface area contributed by atoms with Crippen LogP contribution in [0.4, 0.5) is 0 Å². The molecule has 1 saturated heterocycles. The zero-order valence-electron chi connectivity index (χ0n) is 17.8. The van der Waals surface area contributed by atoms with Gasteiger partial charge in [0.25, 0.3) is 0 Å². The van der Waals surface area contributed by atoms with Gasteiger partial charge in [-0.25, -0.2) is 0 Å². The van der Waals surface area contributed by atoms with Crippen LogP contribution in [0, 0.1) is 23.7 Å². The van der Waals surface area contributed by atoms with Crippen molar-refractivity contribution in [3.8, 4) is 5.75 Å². The van der Waals surface area contributed by atoms with E-state index in [0.29, 0.717) is 25.6 Å². The Balaban J connectivity index is 1.26. The van der Waals surface area contributed by atoms with Crippen molar-refractivity contribution in [3.63, 3.8) is 0 Å². The Labute approximate surface area is 177 Å². The number of likely N-dealkylation sites (tertiary alicyclic amines) is 1. The van der Waals surface area contributed by atoms with Crippen LogP contribution in [0.1, 0.15) is 25.8 Å². The number of amides is 2. The Hall–Kier alpha value is -2.83. The third kappa shape index (κ3) is 3.93. The molecule has 2 aliphatic carbocycles. The van der Waals surface area contributed by atoms with Crippen molar-refractivity contribution < 1.29 is 14.3 Å². The molecule has 0 radical (unpaired) electrons. The second kappa shape index (κ2) is 8.50. The fraction of sp³-hybridized carbons (Fsp3) is 0.522. The van der Waals surface area contributed by atoms with Crippen LogP contribution in [0.15, 0.2) is 41.4 Å². The van der Waals surface area contributed by atoms with Gasteiger partial charge in [0.1, 0.15) is 5.75 Å². The molecular formula is C23H30N4O3. The first-order chi connectivity index (χ1) is 14.5. The van der Waals surface area contributed by atoms with E-state index < -0.39 is 0 Å². The number of carbonyl (C=O) groups excluding carboxylic acids is 2. The molecule has 2 fully saturated rings. The zero-order chi connectivity index (χ0) is 21.3. The molecule has 0 spiro atoms. The number of hydrogen-bond acceptors (Lipinski definition) is 4. The molecule has 2 N–H and O–H groups in total. The van der Waals surface area contributed by atoms with Gasteiger partial charge in [-0.2, -0.15) is 0 Å². The van der Waals surface area contributed by atoms with Gasteiger partial charge in [-0.15, -0.1) is 0 Å². The number of rotatable bonds is 7. The van der Waals surface area contributed by atoms with Crippen LogP contribution in [-0.4, -0.2) is 48.9 Å². The number of imide groups is 1. The first kappa shape index (κ1) is 20.4. The van der Waals surface area contributed by atoms with Gasteiger partial charge in [-0.05, 0) is 49.8 Å². The monoisotopic (exact) mass is 410 g/mol. The molecule has 7 heteroatoms. The van der Waals surface area contributed by atoms with E-state index in [-0.39, 0.29) is 41.6 Å². The highest BCUT2D eigenvalue weighted by Crippen LogP contribution is 2.52. The number of guanidine groups is 1. The summed E-state index contributed by atoms with van der Waals surface area (Å²) in [7, 11) is 1.70. The molecule has 160 valence electrons. The fourth-order valence-electron chi connectivity index (χ4n) is 4.88. The summed E-state index contributed by atoms with van der Waals surface area (Å²) in [6.07, 6.45) is 5.32. The Morgan fingerprint density at radius 3 is 2.50 bits per heavy atom. The molecule has 3 aliphatic rings. The first-order valence-corrected chi connectivity index (χ1v) is 10.7. The number of hydrogen-bond donors (Lipinski definition) is 2. The average Bonchev–Trinajstić information content (AvgIpc) is 3.39. The van der Waals surface area contributed by atoms with Crippen LogP contribution in [0.3, 0.4) is 0 Å². The number of aliphatic imine (C=N–C) groups is 1. The fourth-order valence-corrected chi connectivity index (χ4v) is 4.88. The van der Waals surface area contributed by atoms with Crippen molar-refractivity contribution in [2.75, 3.05) is 20.1 Å². The molecule has 2 amide bonds. The predicted octanol–water partition coefficient (Wildman–Crippen LogP) is 1.95. The normalized spacial score (nSPS) is 27.2. The van der Waals surface area contributed by atoms with E-state index >= 15 is 0 Å². The quantitative estimate of drug-likeness (QED) is 0.311. The van der Waals surface area contributed by atoms with Gasteiger partial charge in [0.05, 0.1) is 17.9 Å². The van der Waals surface area contributed by atoms with Crippen molar-refractivity contribution in [2.24, 2.45) is 28.7 Å². The minimum absolute atomic E-state index is 0.00596. The number of nitrogens with zero attached hydrogens (tertiary/aromatic N) is 2. The number of nitrogens with one attached hydrogen (secondary N) is 2. The topological polar surface area (TPSA) is 83.0 Å². The van der Waals surface area contributed by atoms with E-state index in [2.05, 4.69) is 27.8 Å². The Kier molecular flexibility index (Phi) is 5.79. The molecule has 4 rings (SSSR count). The Morgan fingerprint density at radius 2 is 1.87 bits per heavy atom. The van der Waals surface area contributed by atoms with E-state index in [9.17, 15) is 9.59 Å². The lowest BCUT2D eigenvalue weighted by molar-refractivity contribution is -0.140. The molecule has 1 aliphatic heterocycles. The van der Waals surface area contributed by atoms with Gasteiger partial charge in [-0.3, -0.25) is 19.5 Å². The molecule has 7 nitrogen and oxygen atoms in total. The summed E-state index contributed by atoms with van der Waals surface area (Å²) < 4.78 is 5.73. The third-order valence-corrected chi connectivity index (χ3v) is 6.14. The maximum absolute atomic E-state index is 12.7. The molecule has 1 aromatic carbocycles. The highest BCUT2D eigenvalue weighted by molar-refractivity contribution is 6.06. The van der Waals surface area contributed by atoms with Gasteiger partial charge in [-0.1, -0.05) is 24.3 Å². The lowest BCUT2D eigenvalue weighted by atomic mass is 9.85. The standard InChI is InChI=1S/C23H30N4O3/c1-14(2)30-18-6-4-5-15(11-18)13-26-23(24-3)25-9-10-27-21(28)19-16-7-8-17(12-16)20(19)22(27)29/h4-8,11,14,16-17,19-20H,9-10,12-13H2,1-3H3,(H2,24,25,26). The largest absolute Gasteiger partial charge is 0.491 e. The number of fused-ring (bicyclic) bond motifs is 5. The third-order valence-electron chi connectivity index (χ3n) is 6.14. The number of ether oxygens (including phenoxy) is 1. The van der Waals surface area contributed by atoms with Crippen LogP contribution in [-0.2, 0) is 16.1 Å². The van der Waals surface area contributed by atoms with Crippen molar-refractivity contribution in [1.82, 2.24) is 15.5 Å². The summed E-state index contributed by atoms with van der Waals surface area (Å²) >= 11 is 0. The van der Waals surface area contributed by atoms with Gasteiger partial charge >= 0.3 is 0 Å². The van der Waals surface area contributed by atoms with E-state index in [4.69, 9.17) is 4.74 Å². The molecule has 2 bridgehead atoms. The van der Waals surface area contributed by atoms with E-state index in [1.165, 1.54) is 4.90 Å². The lowest BCUT2D eigenvalue weighted by Gasteiger charge is -2.19. The maximum atomic E-state index is 12.7. The van der Waals surface area contributed by atoms with Gasteiger partial charge in [0.2, 0.25) is 11.8 Å². The first-order valence-electron chi connectivity index (χ1n) is 10.7. The molecule has 4 atom stereocenters. The minimum Gasteiger partial charge on any atom is -0.491 e. The number of benzene rings is 1. The van der Waals surface area contributed by atoms with Crippen LogP contribution >= 0.6 is 0 Å². The predicted molar refractivity (Wildman–Crippen MR) is 115 cm³/mol. The molecule has 1 saturated carbocycles. The van der Waals surface area contributed by atoms with Crippen LogP contribution in [0.25, 0.3) is 0 Å². The highest BCUT2D eigenvalue weighted by Gasteiger charge is 2.58. The second-order valence-electron chi connectivity index (χ2n) is 8.49. The van der Waals surface area contributed by atoms with Crippen molar-refractivity contribution >= 4 is 17.8 Å². The lowest BCUT2D eigenvalue weighted by Crippen LogP contribution is -2.43. The Morgan fingerprint density at radius 1 is 1.17 bits per heavy atom. The van der Waals surface area contributed by atoms with Crippen LogP contribution in [0.2, 0.25) is 0 Å². The molecule has 1 heterocycles. The van der Waals surface area contributed by atoms with Crippen molar-refractivity contribution in [2.45, 2.75) is 32.9 Å². The molecule has 1 aromatic rings. The van der Waals surface area contributed by atoms with Gasteiger partial charge in [0, 0.05) is 26.7 Å². The van der Waals surface area contributed by atoms with Crippen molar-refractivity contribution in [3.05, 3.63) is 42.0 Å². The average molecular weight is 411 g/mol. The molecule has 0 aromatic heterocycles. The van der Waals surface area contributed by atoms with Crippen LogP contribution in [0.5, 0.6) is 5.75 Å². The zero-order valence-corrected chi connectivity index (χ0v) is 17.8. The van der Waals surface area contributed by atoms with E-state index in [0.717, 1.165) is 17.7 Å². The van der Waals surface area contributed by atoms with Crippen LogP contribution < -0.4 is 15.4 Å².